The van der Waals surface area contributed by atoms with Crippen molar-refractivity contribution < 1.29 is 35.1 Å². The van der Waals surface area contributed by atoms with Crippen LogP contribution in [0.15, 0.2) is 23.1 Å². The average molecular weight is 364 g/mol. The second-order valence-corrected chi connectivity index (χ2v) is 6.54. The summed E-state index contributed by atoms with van der Waals surface area (Å²) in [5, 5.41) is 9.42. The molecule has 0 aromatic heterocycles. The molecule has 0 fully saturated rings. The van der Waals surface area contributed by atoms with Crippen molar-refractivity contribution in [1.82, 2.24) is 0 Å². The standard InChI is InChI=1S/C15H24O4S.Cu/c1-2-3-4-5-6-7-8-9-13-10-11-14(16)15(12-13)20(17,18)19;/h10-12,16H,2-9H2,1H3,(H,17,18,19);. The Labute approximate surface area is 138 Å². The third-order valence-electron chi connectivity index (χ3n) is 3.37. The van der Waals surface area contributed by atoms with Gasteiger partial charge in [0.05, 0.1) is 0 Å². The van der Waals surface area contributed by atoms with Crippen LogP contribution in [0.2, 0.25) is 0 Å². The van der Waals surface area contributed by atoms with Gasteiger partial charge >= 0.3 is 0 Å². The number of aryl methyl sites for hydroxylation is 1. The molecule has 1 aromatic rings. The molecule has 125 valence electrons. The molecule has 2 N–H and O–H groups in total. The van der Waals surface area contributed by atoms with Crippen LogP contribution in [-0.2, 0) is 33.6 Å². The first kappa shape index (κ1) is 20.4. The first-order chi connectivity index (χ1) is 9.45. The van der Waals surface area contributed by atoms with Gasteiger partial charge in [0.1, 0.15) is 10.6 Å². The molecule has 0 spiro atoms. The summed E-state index contributed by atoms with van der Waals surface area (Å²) in [6.45, 7) is 2.19. The van der Waals surface area contributed by atoms with Crippen molar-refractivity contribution in [3.8, 4) is 5.75 Å². The topological polar surface area (TPSA) is 74.6 Å². The predicted octanol–water partition coefficient (Wildman–Crippen LogP) is 3.93. The third kappa shape index (κ3) is 7.86. The van der Waals surface area contributed by atoms with Gasteiger partial charge in [0, 0.05) is 17.1 Å². The van der Waals surface area contributed by atoms with E-state index in [9.17, 15) is 13.5 Å². The van der Waals surface area contributed by atoms with E-state index >= 15 is 0 Å². The molecule has 0 saturated heterocycles. The van der Waals surface area contributed by atoms with Crippen LogP contribution in [0.1, 0.15) is 57.4 Å². The number of hydrogen-bond donors (Lipinski definition) is 2. The number of aromatic hydroxyl groups is 1. The Morgan fingerprint density at radius 2 is 1.57 bits per heavy atom. The minimum atomic E-state index is -4.35. The van der Waals surface area contributed by atoms with Crippen molar-refractivity contribution in [2.45, 2.75) is 63.2 Å². The molecule has 4 nitrogen and oxygen atoms in total. The van der Waals surface area contributed by atoms with E-state index in [0.717, 1.165) is 24.8 Å². The normalized spacial score (nSPS) is 11.1. The van der Waals surface area contributed by atoms with Gasteiger partial charge in [-0.15, -0.1) is 0 Å². The van der Waals surface area contributed by atoms with Crippen LogP contribution in [0.3, 0.4) is 0 Å². The van der Waals surface area contributed by atoms with E-state index in [0.29, 0.717) is 0 Å². The van der Waals surface area contributed by atoms with Crippen molar-refractivity contribution in [3.63, 3.8) is 0 Å². The van der Waals surface area contributed by atoms with Gasteiger partial charge in [0.2, 0.25) is 0 Å². The Bertz CT molecular complexity index is 514. The molecule has 0 bridgehead atoms. The summed E-state index contributed by atoms with van der Waals surface area (Å²) in [5.74, 6) is -0.407. The molecule has 0 unspecified atom stereocenters. The smallest absolute Gasteiger partial charge is 0.298 e. The molecule has 0 aliphatic heterocycles. The number of phenols is 1. The monoisotopic (exact) mass is 363 g/mol. The summed E-state index contributed by atoms with van der Waals surface area (Å²) in [6.07, 6.45) is 9.12. The Morgan fingerprint density at radius 1 is 1.00 bits per heavy atom. The largest absolute Gasteiger partial charge is 0.506 e. The Hall–Kier alpha value is -0.551. The van der Waals surface area contributed by atoms with E-state index in [1.807, 2.05) is 0 Å². The first-order valence-corrected chi connectivity index (χ1v) is 8.68. The van der Waals surface area contributed by atoms with Crippen LogP contribution in [0.25, 0.3) is 0 Å². The number of unbranched alkanes of at least 4 members (excludes halogenated alkanes) is 6. The fraction of sp³-hybridized carbons (Fsp3) is 0.600. The van der Waals surface area contributed by atoms with Gasteiger partial charge in [-0.3, -0.25) is 4.55 Å². The van der Waals surface area contributed by atoms with Gasteiger partial charge in [-0.2, -0.15) is 8.42 Å². The Balaban J connectivity index is 0.00000400. The molecule has 0 heterocycles. The maximum Gasteiger partial charge on any atom is 0.298 e. The van der Waals surface area contributed by atoms with Gasteiger partial charge in [0.15, 0.2) is 0 Å². The molecule has 1 rings (SSSR count). The molecular formula is C15H24CuO4S. The maximum absolute atomic E-state index is 11.1. The van der Waals surface area contributed by atoms with E-state index in [1.165, 1.54) is 44.2 Å². The van der Waals surface area contributed by atoms with Gasteiger partial charge in [-0.1, -0.05) is 51.5 Å². The average Bonchev–Trinajstić information content (AvgIpc) is 2.38. The van der Waals surface area contributed by atoms with E-state index in [1.54, 1.807) is 6.07 Å². The molecule has 21 heavy (non-hydrogen) atoms. The first-order valence-electron chi connectivity index (χ1n) is 7.24. The van der Waals surface area contributed by atoms with Gasteiger partial charge < -0.3 is 5.11 Å². The second kappa shape index (κ2) is 10.2. The minimum absolute atomic E-state index is 0. The number of benzene rings is 1. The van der Waals surface area contributed by atoms with Crippen LogP contribution in [0.5, 0.6) is 5.75 Å². The summed E-state index contributed by atoms with van der Waals surface area (Å²) in [7, 11) is -4.35. The minimum Gasteiger partial charge on any atom is -0.506 e. The van der Waals surface area contributed by atoms with Crippen LogP contribution in [0, 0.1) is 0 Å². The third-order valence-corrected chi connectivity index (χ3v) is 4.25. The molecule has 0 aliphatic rings. The second-order valence-electron chi connectivity index (χ2n) is 5.15. The van der Waals surface area contributed by atoms with Gasteiger partial charge in [0.25, 0.3) is 10.1 Å². The summed E-state index contributed by atoms with van der Waals surface area (Å²) in [6, 6.07) is 4.36. The van der Waals surface area contributed by atoms with Crippen molar-refractivity contribution in [2.75, 3.05) is 0 Å². The summed E-state index contributed by atoms with van der Waals surface area (Å²) in [4.78, 5) is -0.405. The molecule has 0 aliphatic carbocycles. The van der Waals surface area contributed by atoms with Crippen LogP contribution in [-0.4, -0.2) is 18.1 Å². The van der Waals surface area contributed by atoms with Crippen molar-refractivity contribution in [1.29, 1.82) is 0 Å². The maximum atomic E-state index is 11.1. The Kier molecular flexibility index (Phi) is 9.95. The summed E-state index contributed by atoms with van der Waals surface area (Å²) in [5.41, 5.74) is 0.823. The van der Waals surface area contributed by atoms with Crippen LogP contribution >= 0.6 is 0 Å². The molecule has 0 atom stereocenters. The quantitative estimate of drug-likeness (QED) is 0.396. The van der Waals surface area contributed by atoms with Crippen molar-refractivity contribution in [3.05, 3.63) is 23.8 Å². The molecule has 1 aromatic carbocycles. The summed E-state index contributed by atoms with van der Waals surface area (Å²) >= 11 is 0. The van der Waals surface area contributed by atoms with E-state index in [2.05, 4.69) is 6.92 Å². The van der Waals surface area contributed by atoms with Gasteiger partial charge in [-0.25, -0.2) is 0 Å². The van der Waals surface area contributed by atoms with Crippen LogP contribution < -0.4 is 0 Å². The molecule has 6 heteroatoms. The molecule has 0 saturated carbocycles. The summed E-state index contributed by atoms with van der Waals surface area (Å²) < 4.78 is 31.2. The fourth-order valence-corrected chi connectivity index (χ4v) is 2.84. The molecular weight excluding hydrogens is 340 g/mol. The number of rotatable bonds is 9. The van der Waals surface area contributed by atoms with Gasteiger partial charge in [-0.05, 0) is 30.5 Å². The zero-order chi connectivity index (χ0) is 15.0. The predicted molar refractivity (Wildman–Crippen MR) is 79.6 cm³/mol. The van der Waals surface area contributed by atoms with E-state index in [-0.39, 0.29) is 17.1 Å². The van der Waals surface area contributed by atoms with Crippen molar-refractivity contribution >= 4 is 10.1 Å². The number of phenolic OH excluding ortho intramolecular Hbond substituents is 1. The van der Waals surface area contributed by atoms with Crippen molar-refractivity contribution in [2.24, 2.45) is 0 Å². The molecule has 1 radical (unpaired) electrons. The van der Waals surface area contributed by atoms with Crippen LogP contribution in [0.4, 0.5) is 0 Å². The zero-order valence-corrected chi connectivity index (χ0v) is 14.1. The molecule has 0 amide bonds. The Morgan fingerprint density at radius 3 is 2.14 bits per heavy atom. The number of hydrogen-bond acceptors (Lipinski definition) is 3. The van der Waals surface area contributed by atoms with E-state index in [4.69, 9.17) is 4.55 Å². The SMILES string of the molecule is CCCCCCCCCc1ccc(O)c(S(=O)(=O)O)c1.[Cu]. The fourth-order valence-electron chi connectivity index (χ4n) is 2.21. The van der Waals surface area contributed by atoms with E-state index < -0.39 is 20.8 Å². The zero-order valence-electron chi connectivity index (χ0n) is 12.3.